The summed E-state index contributed by atoms with van der Waals surface area (Å²) >= 11 is 7.72. The van der Waals surface area contributed by atoms with Crippen molar-refractivity contribution in [1.82, 2.24) is 9.97 Å². The van der Waals surface area contributed by atoms with Crippen LogP contribution in [0.3, 0.4) is 0 Å². The van der Waals surface area contributed by atoms with Crippen molar-refractivity contribution in [1.29, 1.82) is 0 Å². The molecule has 2 nitrogen and oxygen atoms in total. The molecule has 0 aliphatic rings. The van der Waals surface area contributed by atoms with E-state index in [9.17, 15) is 0 Å². The van der Waals surface area contributed by atoms with Crippen LogP contribution in [0.25, 0.3) is 32.3 Å². The Kier molecular flexibility index (Phi) is 4.11. The number of nitrogens with zero attached hydrogens (tertiary/aromatic N) is 2. The van der Waals surface area contributed by atoms with Crippen LogP contribution < -0.4 is 0 Å². The first-order valence-electron chi connectivity index (χ1n) is 7.54. The lowest BCUT2D eigenvalue weighted by Crippen LogP contribution is -1.83. The van der Waals surface area contributed by atoms with Crippen molar-refractivity contribution < 1.29 is 0 Å². The molecule has 0 saturated heterocycles. The maximum absolute atomic E-state index is 6.03. The molecule has 0 spiro atoms. The molecule has 2 aromatic heterocycles. The number of halogens is 1. The van der Waals surface area contributed by atoms with Crippen LogP contribution in [-0.2, 0) is 0 Å². The second-order valence-corrected chi connectivity index (χ2v) is 6.74. The standard InChI is InChI=1S/C20H13ClN2S/c21-17-8-6-14(7-9-17)18-19(15-10-12-22-13-11-15)24-20(23-18)16-4-2-1-3-5-16/h1-13H. The number of rotatable bonds is 3. The van der Waals surface area contributed by atoms with Crippen LogP contribution in [0, 0.1) is 0 Å². The molecule has 4 aromatic rings. The lowest BCUT2D eigenvalue weighted by Gasteiger charge is -2.02. The summed E-state index contributed by atoms with van der Waals surface area (Å²) in [4.78, 5) is 10.2. The summed E-state index contributed by atoms with van der Waals surface area (Å²) in [6.45, 7) is 0. The molecule has 24 heavy (non-hydrogen) atoms. The van der Waals surface area contributed by atoms with E-state index in [4.69, 9.17) is 16.6 Å². The Morgan fingerprint density at radius 2 is 1.42 bits per heavy atom. The number of hydrogen-bond donors (Lipinski definition) is 0. The zero-order valence-electron chi connectivity index (χ0n) is 12.7. The summed E-state index contributed by atoms with van der Waals surface area (Å²) in [5, 5.41) is 1.73. The first-order chi connectivity index (χ1) is 11.8. The van der Waals surface area contributed by atoms with Crippen LogP contribution in [0.4, 0.5) is 0 Å². The SMILES string of the molecule is Clc1ccc(-c2nc(-c3ccccc3)sc2-c2ccncc2)cc1. The fourth-order valence-electron chi connectivity index (χ4n) is 2.53. The van der Waals surface area contributed by atoms with Gasteiger partial charge in [-0.15, -0.1) is 11.3 Å². The highest BCUT2D eigenvalue weighted by Gasteiger charge is 2.15. The van der Waals surface area contributed by atoms with Gasteiger partial charge in [-0.3, -0.25) is 4.98 Å². The molecular formula is C20H13ClN2S. The fourth-order valence-corrected chi connectivity index (χ4v) is 3.75. The third-order valence-corrected chi connectivity index (χ3v) is 5.11. The largest absolute Gasteiger partial charge is 0.265 e. The minimum atomic E-state index is 0.725. The molecule has 4 heteroatoms. The van der Waals surface area contributed by atoms with Gasteiger partial charge in [0, 0.05) is 28.5 Å². The van der Waals surface area contributed by atoms with Gasteiger partial charge in [0.1, 0.15) is 5.01 Å². The average Bonchev–Trinajstić information content (AvgIpc) is 3.09. The van der Waals surface area contributed by atoms with Gasteiger partial charge in [-0.2, -0.15) is 0 Å². The van der Waals surface area contributed by atoms with E-state index >= 15 is 0 Å². The van der Waals surface area contributed by atoms with Crippen LogP contribution in [0.2, 0.25) is 5.02 Å². The van der Waals surface area contributed by atoms with Crippen molar-refractivity contribution in [3.8, 4) is 32.3 Å². The second kappa shape index (κ2) is 6.56. The molecule has 116 valence electrons. The molecule has 2 aromatic carbocycles. The van der Waals surface area contributed by atoms with E-state index in [2.05, 4.69) is 17.1 Å². The van der Waals surface area contributed by atoms with E-state index in [1.54, 1.807) is 11.3 Å². The first-order valence-corrected chi connectivity index (χ1v) is 8.73. The monoisotopic (exact) mass is 348 g/mol. The summed E-state index contributed by atoms with van der Waals surface area (Å²) in [7, 11) is 0. The van der Waals surface area contributed by atoms with E-state index in [1.165, 1.54) is 0 Å². The van der Waals surface area contributed by atoms with Gasteiger partial charge in [0.25, 0.3) is 0 Å². The molecule has 4 rings (SSSR count). The van der Waals surface area contributed by atoms with Crippen LogP contribution in [0.15, 0.2) is 79.1 Å². The topological polar surface area (TPSA) is 25.8 Å². The third-order valence-electron chi connectivity index (χ3n) is 3.71. The minimum Gasteiger partial charge on any atom is -0.265 e. The van der Waals surface area contributed by atoms with Crippen molar-refractivity contribution in [3.63, 3.8) is 0 Å². The molecule has 0 bridgehead atoms. The van der Waals surface area contributed by atoms with Crippen LogP contribution in [0.5, 0.6) is 0 Å². The Hall–Kier alpha value is -2.49. The molecule has 0 fully saturated rings. The van der Waals surface area contributed by atoms with Gasteiger partial charge in [0.15, 0.2) is 0 Å². The van der Waals surface area contributed by atoms with Gasteiger partial charge in [-0.25, -0.2) is 4.98 Å². The van der Waals surface area contributed by atoms with Crippen molar-refractivity contribution in [2.45, 2.75) is 0 Å². The highest BCUT2D eigenvalue weighted by molar-refractivity contribution is 7.19. The molecule has 0 aliphatic heterocycles. The molecule has 0 radical (unpaired) electrons. The summed E-state index contributed by atoms with van der Waals surface area (Å²) in [5.74, 6) is 0. The van der Waals surface area contributed by atoms with Gasteiger partial charge >= 0.3 is 0 Å². The highest BCUT2D eigenvalue weighted by Crippen LogP contribution is 2.40. The van der Waals surface area contributed by atoms with Gasteiger partial charge in [0.05, 0.1) is 10.6 Å². The number of pyridine rings is 1. The fraction of sp³-hybridized carbons (Fsp3) is 0. The lowest BCUT2D eigenvalue weighted by atomic mass is 10.1. The summed E-state index contributed by atoms with van der Waals surface area (Å²) in [6, 6.07) is 22.1. The molecule has 2 heterocycles. The van der Waals surface area contributed by atoms with E-state index < -0.39 is 0 Å². The summed E-state index contributed by atoms with van der Waals surface area (Å²) in [5.41, 5.74) is 4.28. The normalized spacial score (nSPS) is 10.7. The van der Waals surface area contributed by atoms with Crippen molar-refractivity contribution in [2.75, 3.05) is 0 Å². The maximum atomic E-state index is 6.03. The van der Waals surface area contributed by atoms with Crippen molar-refractivity contribution >= 4 is 22.9 Å². The number of benzene rings is 2. The van der Waals surface area contributed by atoms with Crippen LogP contribution in [-0.4, -0.2) is 9.97 Å². The number of thiazole rings is 1. The van der Waals surface area contributed by atoms with Crippen LogP contribution >= 0.6 is 22.9 Å². The summed E-state index contributed by atoms with van der Waals surface area (Å²) in [6.07, 6.45) is 3.62. The van der Waals surface area contributed by atoms with E-state index in [1.807, 2.05) is 67.0 Å². The molecule has 0 aliphatic carbocycles. The smallest absolute Gasteiger partial charge is 0.124 e. The Bertz CT molecular complexity index is 948. The maximum Gasteiger partial charge on any atom is 0.124 e. The number of hydrogen-bond acceptors (Lipinski definition) is 3. The van der Waals surface area contributed by atoms with Gasteiger partial charge in [0.2, 0.25) is 0 Å². The molecular weight excluding hydrogens is 336 g/mol. The molecule has 0 amide bonds. The van der Waals surface area contributed by atoms with Crippen molar-refractivity contribution in [2.24, 2.45) is 0 Å². The molecule has 0 atom stereocenters. The van der Waals surface area contributed by atoms with Crippen molar-refractivity contribution in [3.05, 3.63) is 84.1 Å². The number of aromatic nitrogens is 2. The molecule has 0 unspecified atom stereocenters. The zero-order valence-corrected chi connectivity index (χ0v) is 14.3. The quantitative estimate of drug-likeness (QED) is 0.441. The Morgan fingerprint density at radius 3 is 2.12 bits per heavy atom. The first kappa shape index (κ1) is 15.1. The second-order valence-electron chi connectivity index (χ2n) is 5.31. The molecule has 0 saturated carbocycles. The van der Waals surface area contributed by atoms with Gasteiger partial charge < -0.3 is 0 Å². The predicted molar refractivity (Wildman–Crippen MR) is 101 cm³/mol. The average molecular weight is 349 g/mol. The molecule has 0 N–H and O–H groups in total. The van der Waals surface area contributed by atoms with Crippen LogP contribution in [0.1, 0.15) is 0 Å². The Morgan fingerprint density at radius 1 is 0.708 bits per heavy atom. The van der Waals surface area contributed by atoms with E-state index in [0.29, 0.717) is 0 Å². The zero-order chi connectivity index (χ0) is 16.4. The van der Waals surface area contributed by atoms with Gasteiger partial charge in [-0.05, 0) is 29.8 Å². The Balaban J connectivity index is 1.90. The summed E-state index contributed by atoms with van der Waals surface area (Å²) < 4.78 is 0. The Labute approximate surface area is 149 Å². The predicted octanol–water partition coefficient (Wildman–Crippen LogP) is 6.19. The third kappa shape index (κ3) is 2.96. The van der Waals surface area contributed by atoms with E-state index in [0.717, 1.165) is 37.3 Å². The lowest BCUT2D eigenvalue weighted by molar-refractivity contribution is 1.33. The minimum absolute atomic E-state index is 0.725. The van der Waals surface area contributed by atoms with E-state index in [-0.39, 0.29) is 0 Å². The highest BCUT2D eigenvalue weighted by atomic mass is 35.5. The van der Waals surface area contributed by atoms with Gasteiger partial charge in [-0.1, -0.05) is 54.1 Å².